The normalized spacial score (nSPS) is 30.0. The minimum atomic E-state index is -0.932. The van der Waals surface area contributed by atoms with Crippen LogP contribution in [-0.4, -0.2) is 50.1 Å². The fourth-order valence-electron chi connectivity index (χ4n) is 4.24. The third-order valence-electron chi connectivity index (χ3n) is 5.73. The first kappa shape index (κ1) is 18.2. The minimum Gasteiger partial charge on any atom is -0.396 e. The molecule has 1 saturated carbocycles. The molecule has 0 bridgehead atoms. The summed E-state index contributed by atoms with van der Waals surface area (Å²) in [7, 11) is 0. The predicted molar refractivity (Wildman–Crippen MR) is 102 cm³/mol. The van der Waals surface area contributed by atoms with Gasteiger partial charge in [-0.05, 0) is 36.8 Å². The van der Waals surface area contributed by atoms with Crippen molar-refractivity contribution in [3.8, 4) is 0 Å². The number of fused-ring (bicyclic) bond motifs is 1. The zero-order valence-corrected chi connectivity index (χ0v) is 15.1. The van der Waals surface area contributed by atoms with Crippen molar-refractivity contribution in [1.29, 1.82) is 0 Å². The molecule has 7 nitrogen and oxygen atoms in total. The Morgan fingerprint density at radius 3 is 2.59 bits per heavy atom. The van der Waals surface area contributed by atoms with E-state index in [0.29, 0.717) is 12.2 Å². The number of hydrogen-bond acceptors (Lipinski definition) is 7. The van der Waals surface area contributed by atoms with E-state index >= 15 is 0 Å². The molecular weight excluding hydrogens is 344 g/mol. The highest BCUT2D eigenvalue weighted by Gasteiger charge is 2.41. The molecule has 2 aliphatic rings. The van der Waals surface area contributed by atoms with Gasteiger partial charge in [0.2, 0.25) is 0 Å². The van der Waals surface area contributed by atoms with Gasteiger partial charge in [-0.1, -0.05) is 24.3 Å². The maximum Gasteiger partial charge on any atom is 0.131 e. The average molecular weight is 370 g/mol. The van der Waals surface area contributed by atoms with E-state index in [4.69, 9.17) is 0 Å². The van der Waals surface area contributed by atoms with Crippen molar-refractivity contribution < 1.29 is 15.3 Å². The average Bonchev–Trinajstić information content (AvgIpc) is 2.96. The van der Waals surface area contributed by atoms with Crippen LogP contribution < -0.4 is 10.6 Å². The number of aryl methyl sites for hydroxylation is 1. The van der Waals surface area contributed by atoms with Gasteiger partial charge in [-0.15, -0.1) is 0 Å². The fourth-order valence-corrected chi connectivity index (χ4v) is 4.24. The molecule has 7 heteroatoms. The largest absolute Gasteiger partial charge is 0.396 e. The smallest absolute Gasteiger partial charge is 0.131 e. The quantitative estimate of drug-likeness (QED) is 0.542. The second kappa shape index (κ2) is 7.80. The molecule has 27 heavy (non-hydrogen) atoms. The van der Waals surface area contributed by atoms with Crippen LogP contribution in [0.4, 0.5) is 11.6 Å². The Morgan fingerprint density at radius 1 is 1.04 bits per heavy atom. The molecule has 4 rings (SSSR count). The lowest BCUT2D eigenvalue weighted by Crippen LogP contribution is -2.35. The molecule has 5 atom stereocenters. The van der Waals surface area contributed by atoms with Gasteiger partial charge in [0.25, 0.3) is 0 Å². The van der Waals surface area contributed by atoms with Gasteiger partial charge in [0.15, 0.2) is 0 Å². The van der Waals surface area contributed by atoms with Crippen LogP contribution in [0.1, 0.15) is 36.4 Å². The van der Waals surface area contributed by atoms with Gasteiger partial charge >= 0.3 is 0 Å². The lowest BCUT2D eigenvalue weighted by atomic mass is 9.88. The van der Waals surface area contributed by atoms with Crippen LogP contribution in [0.3, 0.4) is 0 Å². The van der Waals surface area contributed by atoms with Crippen LogP contribution in [0.15, 0.2) is 36.7 Å². The van der Waals surface area contributed by atoms with Gasteiger partial charge < -0.3 is 26.0 Å². The Morgan fingerprint density at radius 2 is 1.81 bits per heavy atom. The molecule has 1 heterocycles. The highest BCUT2D eigenvalue weighted by molar-refractivity contribution is 5.49. The summed E-state index contributed by atoms with van der Waals surface area (Å²) in [6, 6.07) is 10.2. The van der Waals surface area contributed by atoms with Gasteiger partial charge in [0, 0.05) is 18.6 Å². The molecule has 5 N–H and O–H groups in total. The van der Waals surface area contributed by atoms with Crippen LogP contribution >= 0.6 is 0 Å². The summed E-state index contributed by atoms with van der Waals surface area (Å²) in [5.41, 5.74) is 2.70. The van der Waals surface area contributed by atoms with Crippen molar-refractivity contribution in [2.45, 2.75) is 50.0 Å². The Kier molecular flexibility index (Phi) is 5.24. The standard InChI is InChI=1S/C20H26N4O3/c25-10-13-8-16(20(27)19(13)26)24-18-9-17(21-11-22-18)23-15-7-3-5-12-4-1-2-6-14(12)15/h1-2,4,6,9,11,13,15-16,19-20,25-27H,3,5,7-8,10H2,(H2,21,22,23,24)/t13-,15?,16-,19-,20+/m1/s1. The number of aliphatic hydroxyl groups is 3. The van der Waals surface area contributed by atoms with E-state index in [-0.39, 0.29) is 24.6 Å². The molecule has 1 fully saturated rings. The van der Waals surface area contributed by atoms with Gasteiger partial charge in [0.1, 0.15) is 24.1 Å². The number of nitrogens with one attached hydrogen (secondary N) is 2. The van der Waals surface area contributed by atoms with Gasteiger partial charge in [-0.2, -0.15) is 0 Å². The van der Waals surface area contributed by atoms with E-state index in [0.717, 1.165) is 25.1 Å². The summed E-state index contributed by atoms with van der Waals surface area (Å²) < 4.78 is 0. The topological polar surface area (TPSA) is 111 Å². The number of benzene rings is 1. The predicted octanol–water partition coefficient (Wildman–Crippen LogP) is 1.48. The van der Waals surface area contributed by atoms with Gasteiger partial charge in [0.05, 0.1) is 18.2 Å². The van der Waals surface area contributed by atoms with Crippen molar-refractivity contribution in [3.63, 3.8) is 0 Å². The van der Waals surface area contributed by atoms with E-state index in [1.165, 1.54) is 17.5 Å². The first-order valence-corrected chi connectivity index (χ1v) is 9.55. The molecule has 2 aromatic rings. The maximum atomic E-state index is 10.2. The third-order valence-corrected chi connectivity index (χ3v) is 5.73. The summed E-state index contributed by atoms with van der Waals surface area (Å²) >= 11 is 0. The zero-order valence-electron chi connectivity index (χ0n) is 15.1. The van der Waals surface area contributed by atoms with Crippen LogP contribution in [-0.2, 0) is 6.42 Å². The fraction of sp³-hybridized carbons (Fsp3) is 0.500. The summed E-state index contributed by atoms with van der Waals surface area (Å²) in [6.45, 7) is -0.145. The molecular formula is C20H26N4O3. The van der Waals surface area contributed by atoms with Crippen molar-refractivity contribution in [1.82, 2.24) is 9.97 Å². The van der Waals surface area contributed by atoms with Crippen LogP contribution in [0.5, 0.6) is 0 Å². The lowest BCUT2D eigenvalue weighted by molar-refractivity contribution is 0.00445. The van der Waals surface area contributed by atoms with Crippen molar-refractivity contribution in [2.75, 3.05) is 17.2 Å². The zero-order chi connectivity index (χ0) is 18.8. The van der Waals surface area contributed by atoms with E-state index in [1.807, 2.05) is 6.07 Å². The molecule has 0 spiro atoms. The number of anilines is 2. The first-order chi connectivity index (χ1) is 13.2. The second-order valence-corrected chi connectivity index (χ2v) is 7.49. The van der Waals surface area contributed by atoms with Gasteiger partial charge in [-0.25, -0.2) is 9.97 Å². The second-order valence-electron chi connectivity index (χ2n) is 7.49. The minimum absolute atomic E-state index is 0.145. The monoisotopic (exact) mass is 370 g/mol. The number of nitrogens with zero attached hydrogens (tertiary/aromatic N) is 2. The molecule has 0 amide bonds. The molecule has 0 aliphatic heterocycles. The van der Waals surface area contributed by atoms with E-state index in [1.54, 1.807) is 0 Å². The number of hydrogen-bond donors (Lipinski definition) is 5. The molecule has 1 aromatic carbocycles. The van der Waals surface area contributed by atoms with Crippen molar-refractivity contribution in [3.05, 3.63) is 47.8 Å². The summed E-state index contributed by atoms with van der Waals surface area (Å²) in [6.07, 6.45) is 3.42. The summed E-state index contributed by atoms with van der Waals surface area (Å²) in [5.74, 6) is 0.989. The third kappa shape index (κ3) is 3.76. The van der Waals surface area contributed by atoms with Gasteiger partial charge in [-0.3, -0.25) is 0 Å². The summed E-state index contributed by atoms with van der Waals surface area (Å²) in [5, 5.41) is 36.1. The van der Waals surface area contributed by atoms with Crippen LogP contribution in [0, 0.1) is 5.92 Å². The van der Waals surface area contributed by atoms with Crippen LogP contribution in [0.25, 0.3) is 0 Å². The molecule has 1 unspecified atom stereocenters. The molecule has 1 aromatic heterocycles. The van der Waals surface area contributed by atoms with E-state index in [2.05, 4.69) is 44.9 Å². The first-order valence-electron chi connectivity index (χ1n) is 9.55. The Bertz CT molecular complexity index is 787. The highest BCUT2D eigenvalue weighted by atomic mass is 16.3. The Balaban J connectivity index is 1.46. The molecule has 144 valence electrons. The van der Waals surface area contributed by atoms with Crippen molar-refractivity contribution in [2.24, 2.45) is 5.92 Å². The van der Waals surface area contributed by atoms with Crippen LogP contribution in [0.2, 0.25) is 0 Å². The maximum absolute atomic E-state index is 10.2. The highest BCUT2D eigenvalue weighted by Crippen LogP contribution is 2.33. The molecule has 0 radical (unpaired) electrons. The summed E-state index contributed by atoms with van der Waals surface area (Å²) in [4.78, 5) is 8.57. The molecule has 0 saturated heterocycles. The Labute approximate surface area is 158 Å². The lowest BCUT2D eigenvalue weighted by Gasteiger charge is -2.27. The van der Waals surface area contributed by atoms with E-state index in [9.17, 15) is 15.3 Å². The van der Waals surface area contributed by atoms with E-state index < -0.39 is 12.2 Å². The van der Waals surface area contributed by atoms with Crippen molar-refractivity contribution >= 4 is 11.6 Å². The number of rotatable bonds is 5. The number of aromatic nitrogens is 2. The number of aliphatic hydroxyl groups excluding tert-OH is 3. The Hall–Kier alpha value is -2.22. The SMILES string of the molecule is OC[C@H]1C[C@@H](Nc2cc(NC3CCCc4ccccc43)ncn2)[C@H](O)[C@@H]1O. The molecule has 2 aliphatic carbocycles.